The minimum Gasteiger partial charge on any atom is -0.490 e. The van der Waals surface area contributed by atoms with E-state index in [0.717, 1.165) is 0 Å². The van der Waals surface area contributed by atoms with Gasteiger partial charge in [-0.15, -0.1) is 0 Å². The van der Waals surface area contributed by atoms with Gasteiger partial charge in [-0.1, -0.05) is 23.7 Å². The number of amides is 1. The van der Waals surface area contributed by atoms with Crippen LogP contribution in [0.25, 0.3) is 6.08 Å². The average Bonchev–Trinajstić information content (AvgIpc) is 2.87. The third-order valence-corrected chi connectivity index (χ3v) is 5.21. The number of halogens is 2. The molecule has 0 saturated heterocycles. The van der Waals surface area contributed by atoms with Gasteiger partial charge in [0.2, 0.25) is 0 Å². The van der Waals surface area contributed by atoms with E-state index in [9.17, 15) is 19.2 Å². The van der Waals surface area contributed by atoms with Crippen LogP contribution in [0.1, 0.15) is 35.3 Å². The van der Waals surface area contributed by atoms with Gasteiger partial charge in [-0.25, -0.2) is 9.18 Å². The maximum absolute atomic E-state index is 13.5. The van der Waals surface area contributed by atoms with Crippen molar-refractivity contribution in [3.05, 3.63) is 93.8 Å². The molecule has 9 heteroatoms. The Morgan fingerprint density at radius 2 is 1.81 bits per heavy atom. The number of nitriles is 1. The monoisotopic (exact) mass is 522 g/mol. The lowest BCUT2D eigenvalue weighted by Crippen LogP contribution is -2.13. The molecule has 0 aliphatic rings. The number of rotatable bonds is 10. The van der Waals surface area contributed by atoms with Crippen molar-refractivity contribution in [2.24, 2.45) is 0 Å². The summed E-state index contributed by atoms with van der Waals surface area (Å²) >= 11 is 6.44. The molecule has 0 atom stereocenters. The number of hydrogen-bond donors (Lipinski definition) is 1. The van der Waals surface area contributed by atoms with Gasteiger partial charge in [0.25, 0.3) is 5.91 Å². The fraction of sp³-hybridized carbons (Fsp3) is 0.179. The van der Waals surface area contributed by atoms with Crippen LogP contribution >= 0.6 is 11.6 Å². The number of anilines is 1. The number of benzene rings is 3. The highest BCUT2D eigenvalue weighted by Crippen LogP contribution is 2.38. The van der Waals surface area contributed by atoms with Crippen molar-refractivity contribution in [1.82, 2.24) is 0 Å². The Labute approximate surface area is 219 Å². The van der Waals surface area contributed by atoms with Crippen molar-refractivity contribution < 1.29 is 28.2 Å². The van der Waals surface area contributed by atoms with Crippen LogP contribution < -0.4 is 14.8 Å². The highest BCUT2D eigenvalue weighted by molar-refractivity contribution is 6.32. The SMILES string of the molecule is CCOC(=O)c1ccc(NC(=O)/C(C#N)=C/c2cc(Cl)c(OCc3cccc(F)c3)c(OCC)c2)cc1. The molecule has 190 valence electrons. The Balaban J connectivity index is 1.79. The fourth-order valence-corrected chi connectivity index (χ4v) is 3.55. The van der Waals surface area contributed by atoms with Crippen molar-refractivity contribution in [3.8, 4) is 17.6 Å². The van der Waals surface area contributed by atoms with Gasteiger partial charge in [-0.2, -0.15) is 5.26 Å². The van der Waals surface area contributed by atoms with Gasteiger partial charge in [0.1, 0.15) is 24.1 Å². The maximum Gasteiger partial charge on any atom is 0.338 e. The first kappa shape index (κ1) is 27.2. The summed E-state index contributed by atoms with van der Waals surface area (Å²) in [7, 11) is 0. The molecular weight excluding hydrogens is 499 g/mol. The lowest BCUT2D eigenvalue weighted by Gasteiger charge is -2.15. The summed E-state index contributed by atoms with van der Waals surface area (Å²) in [5.41, 5.74) is 1.61. The first-order chi connectivity index (χ1) is 17.8. The molecule has 0 unspecified atom stereocenters. The van der Waals surface area contributed by atoms with Crippen LogP contribution in [0.4, 0.5) is 10.1 Å². The molecule has 3 aromatic carbocycles. The summed E-state index contributed by atoms with van der Waals surface area (Å²) < 4.78 is 29.9. The van der Waals surface area contributed by atoms with Crippen LogP contribution in [-0.4, -0.2) is 25.1 Å². The van der Waals surface area contributed by atoms with E-state index in [2.05, 4.69) is 5.32 Å². The van der Waals surface area contributed by atoms with Gasteiger partial charge >= 0.3 is 5.97 Å². The quantitative estimate of drug-likeness (QED) is 0.194. The van der Waals surface area contributed by atoms with Crippen molar-refractivity contribution >= 4 is 35.2 Å². The average molecular weight is 523 g/mol. The Morgan fingerprint density at radius 3 is 2.46 bits per heavy atom. The lowest BCUT2D eigenvalue weighted by atomic mass is 10.1. The minimum absolute atomic E-state index is 0.0630. The Bertz CT molecular complexity index is 1350. The van der Waals surface area contributed by atoms with Gasteiger partial charge in [-0.05, 0) is 79.6 Å². The smallest absolute Gasteiger partial charge is 0.338 e. The zero-order valence-corrected chi connectivity index (χ0v) is 21.0. The summed E-state index contributed by atoms with van der Waals surface area (Å²) in [6.45, 7) is 4.12. The van der Waals surface area contributed by atoms with Gasteiger partial charge in [0.05, 0.1) is 23.8 Å². The van der Waals surface area contributed by atoms with E-state index in [-0.39, 0.29) is 35.4 Å². The molecule has 37 heavy (non-hydrogen) atoms. The summed E-state index contributed by atoms with van der Waals surface area (Å²) in [4.78, 5) is 24.5. The third kappa shape index (κ3) is 7.56. The number of carbonyl (C=O) groups excluding carboxylic acids is 2. The zero-order chi connectivity index (χ0) is 26.8. The second-order valence-corrected chi connectivity index (χ2v) is 8.01. The largest absolute Gasteiger partial charge is 0.490 e. The molecule has 0 heterocycles. The Kier molecular flexibility index (Phi) is 9.64. The number of ether oxygens (including phenoxy) is 3. The molecule has 3 rings (SSSR count). The summed E-state index contributed by atoms with van der Waals surface area (Å²) in [5.74, 6) is -0.926. The molecule has 0 fully saturated rings. The van der Waals surface area contributed by atoms with Crippen molar-refractivity contribution in [2.45, 2.75) is 20.5 Å². The van der Waals surface area contributed by atoms with E-state index < -0.39 is 11.9 Å². The van der Waals surface area contributed by atoms with E-state index in [0.29, 0.717) is 34.7 Å². The molecule has 3 aromatic rings. The van der Waals surface area contributed by atoms with Crippen LogP contribution in [-0.2, 0) is 16.1 Å². The van der Waals surface area contributed by atoms with Crippen molar-refractivity contribution in [1.29, 1.82) is 5.26 Å². The predicted molar refractivity (Wildman–Crippen MR) is 138 cm³/mol. The standard InChI is InChI=1S/C28H24ClFN2O5/c1-3-35-25-15-19(14-24(29)26(25)37-17-18-6-5-7-22(30)13-18)12-21(16-31)27(33)32-23-10-8-20(9-11-23)28(34)36-4-2/h5-15H,3-4,17H2,1-2H3,(H,32,33)/b21-12+. The number of carbonyl (C=O) groups is 2. The topological polar surface area (TPSA) is 97.7 Å². The van der Waals surface area contributed by atoms with Crippen LogP contribution in [0.5, 0.6) is 11.5 Å². The first-order valence-corrected chi connectivity index (χ1v) is 11.8. The van der Waals surface area contributed by atoms with E-state index in [1.807, 2.05) is 6.07 Å². The van der Waals surface area contributed by atoms with Gasteiger partial charge in [0, 0.05) is 5.69 Å². The maximum atomic E-state index is 13.5. The third-order valence-electron chi connectivity index (χ3n) is 4.93. The fourth-order valence-electron chi connectivity index (χ4n) is 3.27. The lowest BCUT2D eigenvalue weighted by molar-refractivity contribution is -0.112. The molecule has 0 saturated carbocycles. The zero-order valence-electron chi connectivity index (χ0n) is 20.2. The summed E-state index contributed by atoms with van der Waals surface area (Å²) in [6.07, 6.45) is 1.37. The van der Waals surface area contributed by atoms with E-state index >= 15 is 0 Å². The molecule has 0 aromatic heterocycles. The number of esters is 1. The molecule has 0 bridgehead atoms. The van der Waals surface area contributed by atoms with Gasteiger partial charge < -0.3 is 19.5 Å². The molecule has 0 radical (unpaired) electrons. The molecular formula is C28H24ClFN2O5. The van der Waals surface area contributed by atoms with E-state index in [4.69, 9.17) is 25.8 Å². The highest BCUT2D eigenvalue weighted by atomic mass is 35.5. The molecule has 7 nitrogen and oxygen atoms in total. The van der Waals surface area contributed by atoms with Gasteiger partial charge in [-0.3, -0.25) is 4.79 Å². The number of hydrogen-bond acceptors (Lipinski definition) is 6. The van der Waals surface area contributed by atoms with Crippen LogP contribution in [0, 0.1) is 17.1 Å². The Hall–Kier alpha value is -4.35. The van der Waals surface area contributed by atoms with E-state index in [1.165, 1.54) is 48.5 Å². The second-order valence-electron chi connectivity index (χ2n) is 7.60. The molecule has 0 aliphatic heterocycles. The minimum atomic E-state index is -0.646. The highest BCUT2D eigenvalue weighted by Gasteiger charge is 2.15. The van der Waals surface area contributed by atoms with Crippen LogP contribution in [0.2, 0.25) is 5.02 Å². The summed E-state index contributed by atoms with van der Waals surface area (Å²) in [5, 5.41) is 12.4. The van der Waals surface area contributed by atoms with Gasteiger partial charge in [0.15, 0.2) is 11.5 Å². The van der Waals surface area contributed by atoms with E-state index in [1.54, 1.807) is 32.0 Å². The second kappa shape index (κ2) is 13.1. The van der Waals surface area contributed by atoms with Crippen molar-refractivity contribution in [2.75, 3.05) is 18.5 Å². The predicted octanol–water partition coefficient (Wildman–Crippen LogP) is 6.18. The van der Waals surface area contributed by atoms with Crippen LogP contribution in [0.15, 0.2) is 66.2 Å². The number of nitrogens with zero attached hydrogens (tertiary/aromatic N) is 1. The van der Waals surface area contributed by atoms with Crippen molar-refractivity contribution in [3.63, 3.8) is 0 Å². The molecule has 1 N–H and O–H groups in total. The van der Waals surface area contributed by atoms with Crippen LogP contribution in [0.3, 0.4) is 0 Å². The summed E-state index contributed by atoms with van der Waals surface area (Å²) in [6, 6.07) is 17.1. The number of nitrogens with one attached hydrogen (secondary N) is 1. The normalized spacial score (nSPS) is 10.8. The molecule has 0 spiro atoms. The first-order valence-electron chi connectivity index (χ1n) is 11.4. The molecule has 1 amide bonds. The Morgan fingerprint density at radius 1 is 1.05 bits per heavy atom. The molecule has 0 aliphatic carbocycles.